The molecular weight excluding hydrogens is 198 g/mol. The minimum atomic E-state index is 0.507. The van der Waals surface area contributed by atoms with Gasteiger partial charge in [-0.3, -0.25) is 4.98 Å². The maximum Gasteiger partial charge on any atom is 0.101 e. The van der Waals surface area contributed by atoms with Crippen LogP contribution in [0.15, 0.2) is 18.5 Å². The molecule has 0 aromatic carbocycles. The molecule has 0 spiro atoms. The summed E-state index contributed by atoms with van der Waals surface area (Å²) in [7, 11) is 0. The molecule has 2 unspecified atom stereocenters. The predicted octanol–water partition coefficient (Wildman–Crippen LogP) is 2.58. The van der Waals surface area contributed by atoms with Gasteiger partial charge in [-0.1, -0.05) is 6.92 Å². The smallest absolute Gasteiger partial charge is 0.101 e. The molecule has 2 heterocycles. The Labute approximate surface area is 96.7 Å². The molecule has 1 aliphatic rings. The Bertz CT molecular complexity index is 408. The summed E-state index contributed by atoms with van der Waals surface area (Å²) in [6.07, 6.45) is 5.97. The van der Waals surface area contributed by atoms with E-state index in [1.807, 2.05) is 6.20 Å². The molecule has 3 heteroatoms. The van der Waals surface area contributed by atoms with Crippen LogP contribution in [0.4, 0.5) is 5.69 Å². The lowest BCUT2D eigenvalue weighted by molar-refractivity contribution is 0.390. The molecule has 0 amide bonds. The Morgan fingerprint density at radius 2 is 2.25 bits per heavy atom. The summed E-state index contributed by atoms with van der Waals surface area (Å²) in [5.74, 6) is 0.697. The van der Waals surface area contributed by atoms with E-state index in [4.69, 9.17) is 5.26 Å². The van der Waals surface area contributed by atoms with Gasteiger partial charge < -0.3 is 4.90 Å². The molecule has 0 saturated carbocycles. The SMILES string of the molecule is CC1CCC(C)N(c2cnccc2C#N)C1. The minimum Gasteiger partial charge on any atom is -0.366 e. The van der Waals surface area contributed by atoms with Gasteiger partial charge in [0.2, 0.25) is 0 Å². The number of piperidine rings is 1. The van der Waals surface area contributed by atoms with Crippen molar-refractivity contribution in [2.75, 3.05) is 11.4 Å². The average Bonchev–Trinajstić information content (AvgIpc) is 2.32. The van der Waals surface area contributed by atoms with Crippen LogP contribution < -0.4 is 4.90 Å². The van der Waals surface area contributed by atoms with E-state index in [2.05, 4.69) is 29.8 Å². The minimum absolute atomic E-state index is 0.507. The van der Waals surface area contributed by atoms with E-state index >= 15 is 0 Å². The normalized spacial score (nSPS) is 25.2. The van der Waals surface area contributed by atoms with Gasteiger partial charge in [0.15, 0.2) is 0 Å². The van der Waals surface area contributed by atoms with Gasteiger partial charge in [-0.2, -0.15) is 5.26 Å². The van der Waals surface area contributed by atoms with Crippen molar-refractivity contribution in [3.63, 3.8) is 0 Å². The lowest BCUT2D eigenvalue weighted by atomic mass is 9.94. The van der Waals surface area contributed by atoms with Crippen LogP contribution in [-0.2, 0) is 0 Å². The second kappa shape index (κ2) is 4.52. The highest BCUT2D eigenvalue weighted by Crippen LogP contribution is 2.28. The Morgan fingerprint density at radius 3 is 3.00 bits per heavy atom. The zero-order valence-electron chi connectivity index (χ0n) is 9.85. The number of pyridine rings is 1. The molecule has 84 valence electrons. The number of anilines is 1. The van der Waals surface area contributed by atoms with Crippen LogP contribution in [0.25, 0.3) is 0 Å². The third kappa shape index (κ3) is 2.01. The summed E-state index contributed by atoms with van der Waals surface area (Å²) < 4.78 is 0. The third-order valence-corrected chi connectivity index (χ3v) is 3.35. The summed E-state index contributed by atoms with van der Waals surface area (Å²) >= 11 is 0. The van der Waals surface area contributed by atoms with E-state index in [1.54, 1.807) is 12.3 Å². The monoisotopic (exact) mass is 215 g/mol. The predicted molar refractivity (Wildman–Crippen MR) is 64.2 cm³/mol. The lowest BCUT2D eigenvalue weighted by Crippen LogP contribution is -2.41. The van der Waals surface area contributed by atoms with Crippen molar-refractivity contribution >= 4 is 5.69 Å². The van der Waals surface area contributed by atoms with Crippen molar-refractivity contribution in [2.45, 2.75) is 32.7 Å². The van der Waals surface area contributed by atoms with Crippen LogP contribution in [0.3, 0.4) is 0 Å². The molecule has 16 heavy (non-hydrogen) atoms. The average molecular weight is 215 g/mol. The van der Waals surface area contributed by atoms with E-state index in [-0.39, 0.29) is 0 Å². The zero-order chi connectivity index (χ0) is 11.5. The first-order valence-corrected chi connectivity index (χ1v) is 5.83. The highest BCUT2D eigenvalue weighted by atomic mass is 15.2. The number of rotatable bonds is 1. The molecule has 0 radical (unpaired) electrons. The van der Waals surface area contributed by atoms with Crippen LogP contribution in [-0.4, -0.2) is 17.6 Å². The Kier molecular flexibility index (Phi) is 3.09. The fourth-order valence-electron chi connectivity index (χ4n) is 2.33. The molecule has 1 aliphatic heterocycles. The number of nitrogens with zero attached hydrogens (tertiary/aromatic N) is 3. The molecule has 2 rings (SSSR count). The summed E-state index contributed by atoms with van der Waals surface area (Å²) in [5.41, 5.74) is 1.72. The highest BCUT2D eigenvalue weighted by Gasteiger charge is 2.24. The van der Waals surface area contributed by atoms with E-state index in [1.165, 1.54) is 12.8 Å². The second-order valence-electron chi connectivity index (χ2n) is 4.69. The molecule has 0 aliphatic carbocycles. The van der Waals surface area contributed by atoms with Crippen molar-refractivity contribution in [1.82, 2.24) is 4.98 Å². The quantitative estimate of drug-likeness (QED) is 0.723. The van der Waals surface area contributed by atoms with Crippen LogP contribution in [0, 0.1) is 17.2 Å². The first-order valence-electron chi connectivity index (χ1n) is 5.83. The summed E-state index contributed by atoms with van der Waals surface area (Å²) in [4.78, 5) is 6.45. The van der Waals surface area contributed by atoms with E-state index < -0.39 is 0 Å². The maximum atomic E-state index is 9.10. The van der Waals surface area contributed by atoms with E-state index in [0.29, 0.717) is 12.0 Å². The van der Waals surface area contributed by atoms with Gasteiger partial charge in [-0.15, -0.1) is 0 Å². The van der Waals surface area contributed by atoms with Crippen molar-refractivity contribution < 1.29 is 0 Å². The van der Waals surface area contributed by atoms with Gasteiger partial charge in [-0.05, 0) is 31.7 Å². The molecule has 1 saturated heterocycles. The van der Waals surface area contributed by atoms with Gasteiger partial charge in [-0.25, -0.2) is 0 Å². The van der Waals surface area contributed by atoms with Crippen molar-refractivity contribution in [3.05, 3.63) is 24.0 Å². The second-order valence-corrected chi connectivity index (χ2v) is 4.69. The number of hydrogen-bond acceptors (Lipinski definition) is 3. The molecule has 1 aromatic heterocycles. The Morgan fingerprint density at radius 1 is 1.44 bits per heavy atom. The molecule has 0 N–H and O–H groups in total. The Hall–Kier alpha value is -1.56. The molecule has 1 fully saturated rings. The summed E-state index contributed by atoms with van der Waals surface area (Å²) in [6.45, 7) is 5.52. The van der Waals surface area contributed by atoms with Gasteiger partial charge >= 0.3 is 0 Å². The molecule has 0 bridgehead atoms. The largest absolute Gasteiger partial charge is 0.366 e. The van der Waals surface area contributed by atoms with Gasteiger partial charge in [0.1, 0.15) is 6.07 Å². The maximum absolute atomic E-state index is 9.10. The van der Waals surface area contributed by atoms with E-state index in [9.17, 15) is 0 Å². The fourth-order valence-corrected chi connectivity index (χ4v) is 2.33. The summed E-state index contributed by atoms with van der Waals surface area (Å²) in [5, 5.41) is 9.10. The van der Waals surface area contributed by atoms with E-state index in [0.717, 1.165) is 17.8 Å². The van der Waals surface area contributed by atoms with Crippen molar-refractivity contribution in [3.8, 4) is 6.07 Å². The number of hydrogen-bond donors (Lipinski definition) is 0. The molecule has 2 atom stereocenters. The van der Waals surface area contributed by atoms with Crippen LogP contribution in [0.2, 0.25) is 0 Å². The topological polar surface area (TPSA) is 39.9 Å². The number of aromatic nitrogens is 1. The summed E-state index contributed by atoms with van der Waals surface area (Å²) in [6, 6.07) is 4.55. The third-order valence-electron chi connectivity index (χ3n) is 3.35. The van der Waals surface area contributed by atoms with Gasteiger partial charge in [0.05, 0.1) is 17.4 Å². The van der Waals surface area contributed by atoms with Crippen LogP contribution in [0.1, 0.15) is 32.3 Å². The first-order chi connectivity index (χ1) is 7.72. The first kappa shape index (κ1) is 10.9. The van der Waals surface area contributed by atoms with Crippen LogP contribution >= 0.6 is 0 Å². The molecule has 1 aromatic rings. The fraction of sp³-hybridized carbons (Fsp3) is 0.538. The highest BCUT2D eigenvalue weighted by molar-refractivity contribution is 5.58. The standard InChI is InChI=1S/C13H17N3/c1-10-3-4-11(2)16(9-10)13-8-15-6-5-12(13)7-14/h5-6,8,10-11H,3-4,9H2,1-2H3. The molecular formula is C13H17N3. The van der Waals surface area contributed by atoms with Gasteiger partial charge in [0, 0.05) is 18.8 Å². The lowest BCUT2D eigenvalue weighted by Gasteiger charge is -2.38. The van der Waals surface area contributed by atoms with Gasteiger partial charge in [0.25, 0.3) is 0 Å². The van der Waals surface area contributed by atoms with Crippen LogP contribution in [0.5, 0.6) is 0 Å². The van der Waals surface area contributed by atoms with Crippen molar-refractivity contribution in [2.24, 2.45) is 5.92 Å². The number of nitriles is 1. The zero-order valence-corrected chi connectivity index (χ0v) is 9.85. The van der Waals surface area contributed by atoms with Crippen molar-refractivity contribution in [1.29, 1.82) is 5.26 Å². The molecule has 3 nitrogen and oxygen atoms in total. The Balaban J connectivity index is 2.32.